The Kier molecular flexibility index (Phi) is 8.37. The molecule has 3 amide bonds. The average Bonchev–Trinajstić information content (AvgIpc) is 2.61. The summed E-state index contributed by atoms with van der Waals surface area (Å²) in [6.45, 7) is 5.51. The number of carbonyl (C=O) groups is 3. The molecule has 0 spiro atoms. The molecule has 0 bridgehead atoms. The first-order valence-corrected chi connectivity index (χ1v) is 8.40. The minimum Gasteiger partial charge on any atom is -0.493 e. The first-order chi connectivity index (χ1) is 12.7. The highest BCUT2D eigenvalue weighted by Crippen LogP contribution is 2.27. The first kappa shape index (κ1) is 22.1. The molecule has 1 aromatic carbocycles. The lowest BCUT2D eigenvalue weighted by Gasteiger charge is -2.19. The number of ether oxygens (including phenoxy) is 3. The number of nitrogens with one attached hydrogen (secondary N) is 3. The van der Waals surface area contributed by atoms with Crippen molar-refractivity contribution >= 4 is 17.9 Å². The van der Waals surface area contributed by atoms with E-state index in [1.165, 1.54) is 20.3 Å². The van der Waals surface area contributed by atoms with Crippen LogP contribution in [0.2, 0.25) is 0 Å². The van der Waals surface area contributed by atoms with Crippen molar-refractivity contribution in [1.82, 2.24) is 16.0 Å². The Morgan fingerprint density at radius 1 is 0.926 bits per heavy atom. The monoisotopic (exact) mass is 381 g/mol. The molecule has 150 valence electrons. The predicted molar refractivity (Wildman–Crippen MR) is 99.1 cm³/mol. The molecule has 1 aromatic rings. The first-order valence-electron chi connectivity index (χ1n) is 8.40. The van der Waals surface area contributed by atoms with Crippen molar-refractivity contribution in [2.75, 3.05) is 33.9 Å². The molecule has 0 radical (unpaired) electrons. The third-order valence-corrected chi connectivity index (χ3v) is 3.17. The summed E-state index contributed by atoms with van der Waals surface area (Å²) in [5.74, 6) is 0.125. The smallest absolute Gasteiger partial charge is 0.407 e. The van der Waals surface area contributed by atoms with Gasteiger partial charge in [0.05, 0.1) is 20.8 Å². The number of rotatable bonds is 8. The second kappa shape index (κ2) is 10.2. The molecule has 27 heavy (non-hydrogen) atoms. The maximum Gasteiger partial charge on any atom is 0.407 e. The standard InChI is InChI=1S/C18H27N3O6/c1-18(2,3)27-17(24)20-9-8-19-15(22)11-21-16(23)12-6-7-13(25-4)14(10-12)26-5/h6-7,10H,8-9,11H2,1-5H3,(H,19,22)(H,20,24)(H,21,23). The van der Waals surface area contributed by atoms with Crippen LogP contribution in [-0.4, -0.2) is 57.4 Å². The van der Waals surface area contributed by atoms with E-state index in [4.69, 9.17) is 14.2 Å². The SMILES string of the molecule is COc1ccc(C(=O)NCC(=O)NCCNC(=O)OC(C)(C)C)cc1OC. The van der Waals surface area contributed by atoms with Crippen LogP contribution >= 0.6 is 0 Å². The molecule has 0 aliphatic rings. The summed E-state index contributed by atoms with van der Waals surface area (Å²) in [4.78, 5) is 35.3. The zero-order valence-electron chi connectivity index (χ0n) is 16.3. The largest absolute Gasteiger partial charge is 0.493 e. The van der Waals surface area contributed by atoms with Crippen LogP contribution in [0.1, 0.15) is 31.1 Å². The van der Waals surface area contributed by atoms with Gasteiger partial charge in [-0.3, -0.25) is 9.59 Å². The summed E-state index contributed by atoms with van der Waals surface area (Å²) in [7, 11) is 2.97. The Morgan fingerprint density at radius 2 is 1.56 bits per heavy atom. The van der Waals surface area contributed by atoms with Gasteiger partial charge in [0.25, 0.3) is 5.91 Å². The van der Waals surface area contributed by atoms with E-state index in [9.17, 15) is 14.4 Å². The van der Waals surface area contributed by atoms with Gasteiger partial charge in [0.15, 0.2) is 11.5 Å². The lowest BCUT2D eigenvalue weighted by Crippen LogP contribution is -2.41. The molecule has 0 saturated carbocycles. The average molecular weight is 381 g/mol. The molecule has 0 unspecified atom stereocenters. The predicted octanol–water partition coefficient (Wildman–Crippen LogP) is 1.07. The topological polar surface area (TPSA) is 115 Å². The zero-order chi connectivity index (χ0) is 20.4. The van der Waals surface area contributed by atoms with Crippen LogP contribution in [0.5, 0.6) is 11.5 Å². The van der Waals surface area contributed by atoms with E-state index in [0.29, 0.717) is 17.1 Å². The Hall–Kier alpha value is -2.97. The maximum atomic E-state index is 12.1. The highest BCUT2D eigenvalue weighted by Gasteiger charge is 2.15. The summed E-state index contributed by atoms with van der Waals surface area (Å²) < 4.78 is 15.3. The summed E-state index contributed by atoms with van der Waals surface area (Å²) >= 11 is 0. The fourth-order valence-electron chi connectivity index (χ4n) is 1.98. The van der Waals surface area contributed by atoms with Crippen molar-refractivity contribution in [2.24, 2.45) is 0 Å². The quantitative estimate of drug-likeness (QED) is 0.581. The lowest BCUT2D eigenvalue weighted by atomic mass is 10.2. The second-order valence-corrected chi connectivity index (χ2v) is 6.53. The van der Waals surface area contributed by atoms with Gasteiger partial charge < -0.3 is 30.2 Å². The molecular weight excluding hydrogens is 354 g/mol. The van der Waals surface area contributed by atoms with Crippen molar-refractivity contribution < 1.29 is 28.6 Å². The second-order valence-electron chi connectivity index (χ2n) is 6.53. The van der Waals surface area contributed by atoms with Gasteiger partial charge in [-0.2, -0.15) is 0 Å². The van der Waals surface area contributed by atoms with Crippen molar-refractivity contribution in [3.05, 3.63) is 23.8 Å². The van der Waals surface area contributed by atoms with Crippen LogP contribution in [0, 0.1) is 0 Å². The number of hydrogen-bond donors (Lipinski definition) is 3. The Balaban J connectivity index is 2.34. The lowest BCUT2D eigenvalue weighted by molar-refractivity contribution is -0.120. The highest BCUT2D eigenvalue weighted by atomic mass is 16.6. The number of alkyl carbamates (subject to hydrolysis) is 1. The van der Waals surface area contributed by atoms with Gasteiger partial charge in [-0.05, 0) is 39.0 Å². The van der Waals surface area contributed by atoms with Crippen molar-refractivity contribution in [2.45, 2.75) is 26.4 Å². The van der Waals surface area contributed by atoms with Crippen LogP contribution in [0.15, 0.2) is 18.2 Å². The van der Waals surface area contributed by atoms with Crippen molar-refractivity contribution in [1.29, 1.82) is 0 Å². The third kappa shape index (κ3) is 8.30. The maximum absolute atomic E-state index is 12.1. The molecule has 1 rings (SSSR count). The van der Waals surface area contributed by atoms with E-state index in [0.717, 1.165) is 0 Å². The summed E-state index contributed by atoms with van der Waals surface area (Å²) in [5.41, 5.74) is -0.242. The molecule has 0 atom stereocenters. The fraction of sp³-hybridized carbons (Fsp3) is 0.500. The molecular formula is C18H27N3O6. The summed E-state index contributed by atoms with van der Waals surface area (Å²) in [6, 6.07) is 4.70. The molecule has 0 aliphatic heterocycles. The molecule has 9 heteroatoms. The van der Waals surface area contributed by atoms with Gasteiger partial charge in [-0.25, -0.2) is 4.79 Å². The molecule has 0 heterocycles. The molecule has 0 saturated heterocycles. The molecule has 0 aromatic heterocycles. The number of methoxy groups -OCH3 is 2. The van der Waals surface area contributed by atoms with E-state index < -0.39 is 17.6 Å². The molecule has 0 fully saturated rings. The van der Waals surface area contributed by atoms with Gasteiger partial charge in [0.2, 0.25) is 5.91 Å². The number of benzene rings is 1. The van der Waals surface area contributed by atoms with Crippen LogP contribution in [-0.2, 0) is 9.53 Å². The molecule has 0 aliphatic carbocycles. The van der Waals surface area contributed by atoms with Crippen molar-refractivity contribution in [3.63, 3.8) is 0 Å². The van der Waals surface area contributed by atoms with Crippen molar-refractivity contribution in [3.8, 4) is 11.5 Å². The Labute approximate surface area is 158 Å². The van der Waals surface area contributed by atoms with Gasteiger partial charge in [-0.15, -0.1) is 0 Å². The number of hydrogen-bond acceptors (Lipinski definition) is 6. The molecule has 3 N–H and O–H groups in total. The van der Waals surface area contributed by atoms with Crippen LogP contribution in [0.3, 0.4) is 0 Å². The van der Waals surface area contributed by atoms with Gasteiger partial charge in [-0.1, -0.05) is 0 Å². The minimum absolute atomic E-state index is 0.195. The highest BCUT2D eigenvalue weighted by molar-refractivity contribution is 5.97. The fourth-order valence-corrected chi connectivity index (χ4v) is 1.98. The minimum atomic E-state index is -0.582. The normalized spacial score (nSPS) is 10.6. The Morgan fingerprint density at radius 3 is 2.15 bits per heavy atom. The van der Waals surface area contributed by atoms with Gasteiger partial charge in [0.1, 0.15) is 5.60 Å². The van der Waals surface area contributed by atoms with E-state index in [1.54, 1.807) is 32.9 Å². The zero-order valence-corrected chi connectivity index (χ0v) is 16.3. The van der Waals surface area contributed by atoms with Crippen LogP contribution in [0.4, 0.5) is 4.79 Å². The van der Waals surface area contributed by atoms with Gasteiger partial charge in [0, 0.05) is 18.7 Å². The molecule has 9 nitrogen and oxygen atoms in total. The number of carbonyl (C=O) groups excluding carboxylic acids is 3. The number of amides is 3. The summed E-state index contributed by atoms with van der Waals surface area (Å²) in [6.07, 6.45) is -0.557. The van der Waals surface area contributed by atoms with Gasteiger partial charge >= 0.3 is 6.09 Å². The van der Waals surface area contributed by atoms with E-state index in [-0.39, 0.29) is 25.5 Å². The summed E-state index contributed by atoms with van der Waals surface area (Å²) in [5, 5.41) is 7.61. The Bertz CT molecular complexity index is 670. The van der Waals surface area contributed by atoms with Crippen LogP contribution < -0.4 is 25.4 Å². The van der Waals surface area contributed by atoms with E-state index in [1.807, 2.05) is 0 Å². The van der Waals surface area contributed by atoms with Crippen LogP contribution in [0.25, 0.3) is 0 Å². The van der Waals surface area contributed by atoms with E-state index >= 15 is 0 Å². The third-order valence-electron chi connectivity index (χ3n) is 3.17. The van der Waals surface area contributed by atoms with E-state index in [2.05, 4.69) is 16.0 Å².